The van der Waals surface area contributed by atoms with Crippen molar-refractivity contribution in [1.82, 2.24) is 15.6 Å². The molecule has 26 heavy (non-hydrogen) atoms. The van der Waals surface area contributed by atoms with Gasteiger partial charge in [-0.3, -0.25) is 9.79 Å². The summed E-state index contributed by atoms with van der Waals surface area (Å²) < 4.78 is 0. The fraction of sp³-hybridized carbons (Fsp3) is 0.316. The predicted octanol–water partition coefficient (Wildman–Crippen LogP) is 2.78. The number of nitrogens with one attached hydrogen (secondary N) is 3. The SMILES string of the molecule is CN=C(NCCC(=O)Nc1cccc(C)n1)NCCc1ccc(Cl)cc1. The number of benzene rings is 1. The van der Waals surface area contributed by atoms with Crippen molar-refractivity contribution >= 4 is 29.3 Å². The number of rotatable bonds is 7. The van der Waals surface area contributed by atoms with E-state index >= 15 is 0 Å². The van der Waals surface area contributed by atoms with Crippen LogP contribution in [0.25, 0.3) is 0 Å². The van der Waals surface area contributed by atoms with Crippen LogP contribution in [0.3, 0.4) is 0 Å². The average molecular weight is 374 g/mol. The highest BCUT2D eigenvalue weighted by atomic mass is 35.5. The third kappa shape index (κ3) is 7.11. The van der Waals surface area contributed by atoms with Gasteiger partial charge in [0.25, 0.3) is 0 Å². The van der Waals surface area contributed by atoms with Crippen molar-refractivity contribution in [2.75, 3.05) is 25.5 Å². The molecule has 0 spiro atoms. The lowest BCUT2D eigenvalue weighted by molar-refractivity contribution is -0.116. The van der Waals surface area contributed by atoms with Gasteiger partial charge in [0.15, 0.2) is 5.96 Å². The summed E-state index contributed by atoms with van der Waals surface area (Å²) in [5.74, 6) is 1.15. The zero-order valence-electron chi connectivity index (χ0n) is 15.1. The second kappa shape index (κ2) is 10.4. The number of aromatic nitrogens is 1. The van der Waals surface area contributed by atoms with Crippen LogP contribution < -0.4 is 16.0 Å². The predicted molar refractivity (Wildman–Crippen MR) is 107 cm³/mol. The molecule has 0 bridgehead atoms. The molecule has 0 unspecified atom stereocenters. The second-order valence-corrected chi connectivity index (χ2v) is 6.20. The van der Waals surface area contributed by atoms with Crippen molar-refractivity contribution in [2.45, 2.75) is 19.8 Å². The highest BCUT2D eigenvalue weighted by Gasteiger charge is 2.04. The summed E-state index contributed by atoms with van der Waals surface area (Å²) in [6, 6.07) is 13.3. The minimum atomic E-state index is -0.0905. The molecule has 0 saturated carbocycles. The van der Waals surface area contributed by atoms with E-state index in [2.05, 4.69) is 25.9 Å². The van der Waals surface area contributed by atoms with Crippen LogP contribution in [0, 0.1) is 6.92 Å². The van der Waals surface area contributed by atoms with Crippen molar-refractivity contribution in [1.29, 1.82) is 0 Å². The lowest BCUT2D eigenvalue weighted by Crippen LogP contribution is -2.39. The molecule has 2 rings (SSSR count). The number of nitrogens with zero attached hydrogens (tertiary/aromatic N) is 2. The first-order chi connectivity index (χ1) is 12.6. The summed E-state index contributed by atoms with van der Waals surface area (Å²) in [5.41, 5.74) is 2.06. The lowest BCUT2D eigenvalue weighted by Gasteiger charge is -2.12. The Morgan fingerprint density at radius 3 is 2.54 bits per heavy atom. The van der Waals surface area contributed by atoms with E-state index in [4.69, 9.17) is 11.6 Å². The molecule has 3 N–H and O–H groups in total. The summed E-state index contributed by atoms with van der Waals surface area (Å²) in [7, 11) is 1.70. The number of hydrogen-bond acceptors (Lipinski definition) is 3. The van der Waals surface area contributed by atoms with E-state index in [-0.39, 0.29) is 5.91 Å². The Kier molecular flexibility index (Phi) is 7.89. The minimum Gasteiger partial charge on any atom is -0.356 e. The number of halogens is 1. The first-order valence-electron chi connectivity index (χ1n) is 8.49. The summed E-state index contributed by atoms with van der Waals surface area (Å²) in [6.45, 7) is 3.11. The number of amides is 1. The van der Waals surface area contributed by atoms with E-state index in [1.165, 1.54) is 5.56 Å². The van der Waals surface area contributed by atoms with Crippen LogP contribution in [0.1, 0.15) is 17.7 Å². The summed E-state index contributed by atoms with van der Waals surface area (Å²) >= 11 is 5.88. The third-order valence-corrected chi connectivity index (χ3v) is 3.90. The van der Waals surface area contributed by atoms with Gasteiger partial charge in [0.1, 0.15) is 5.82 Å². The molecule has 1 amide bonds. The van der Waals surface area contributed by atoms with E-state index < -0.39 is 0 Å². The van der Waals surface area contributed by atoms with Gasteiger partial charge >= 0.3 is 0 Å². The fourth-order valence-electron chi connectivity index (χ4n) is 2.31. The van der Waals surface area contributed by atoms with E-state index in [0.717, 1.165) is 23.7 Å². The van der Waals surface area contributed by atoms with Crippen molar-refractivity contribution in [3.8, 4) is 0 Å². The molecule has 2 aromatic rings. The number of hydrogen-bond donors (Lipinski definition) is 3. The van der Waals surface area contributed by atoms with Crippen LogP contribution in [-0.2, 0) is 11.2 Å². The Hall–Kier alpha value is -2.60. The number of aryl methyl sites for hydroxylation is 1. The van der Waals surface area contributed by atoms with Crippen LogP contribution in [0.2, 0.25) is 5.02 Å². The quantitative estimate of drug-likeness (QED) is 0.515. The molecule has 138 valence electrons. The maximum atomic E-state index is 12.0. The molecule has 7 heteroatoms. The van der Waals surface area contributed by atoms with Gasteiger partial charge in [-0.25, -0.2) is 4.98 Å². The summed E-state index contributed by atoms with van der Waals surface area (Å²) in [6.07, 6.45) is 1.19. The molecule has 0 fully saturated rings. The molecular formula is C19H24ClN5O. The molecule has 1 aromatic heterocycles. The highest BCUT2D eigenvalue weighted by Crippen LogP contribution is 2.09. The second-order valence-electron chi connectivity index (χ2n) is 5.76. The van der Waals surface area contributed by atoms with E-state index in [0.29, 0.717) is 24.7 Å². The molecule has 0 aliphatic heterocycles. The molecule has 1 heterocycles. The summed E-state index contributed by atoms with van der Waals surface area (Å²) in [4.78, 5) is 20.4. The van der Waals surface area contributed by atoms with Crippen LogP contribution in [-0.4, -0.2) is 37.0 Å². The molecule has 0 radical (unpaired) electrons. The molecular weight excluding hydrogens is 350 g/mol. The number of carbonyl (C=O) groups excluding carboxylic acids is 1. The third-order valence-electron chi connectivity index (χ3n) is 3.64. The van der Waals surface area contributed by atoms with Crippen LogP contribution in [0.15, 0.2) is 47.5 Å². The van der Waals surface area contributed by atoms with Gasteiger partial charge in [-0.2, -0.15) is 0 Å². The standard InChI is InChI=1S/C19H24ClN5O/c1-14-4-3-5-17(24-14)25-18(26)11-13-23-19(21-2)22-12-10-15-6-8-16(20)9-7-15/h3-9H,10-13H2,1-2H3,(H2,21,22,23)(H,24,25,26). The smallest absolute Gasteiger partial charge is 0.227 e. The lowest BCUT2D eigenvalue weighted by atomic mass is 10.1. The molecule has 6 nitrogen and oxygen atoms in total. The summed E-state index contributed by atoms with van der Waals surface area (Å²) in [5, 5.41) is 9.87. The van der Waals surface area contributed by atoms with E-state index in [1.54, 1.807) is 13.1 Å². The molecule has 0 atom stereocenters. The van der Waals surface area contributed by atoms with Crippen molar-refractivity contribution in [2.24, 2.45) is 4.99 Å². The van der Waals surface area contributed by atoms with Crippen LogP contribution in [0.4, 0.5) is 5.82 Å². The van der Waals surface area contributed by atoms with Crippen molar-refractivity contribution in [3.63, 3.8) is 0 Å². The average Bonchev–Trinajstić information content (AvgIpc) is 2.62. The highest BCUT2D eigenvalue weighted by molar-refractivity contribution is 6.30. The fourth-order valence-corrected chi connectivity index (χ4v) is 2.44. The Balaban J connectivity index is 1.66. The number of aliphatic imine (C=N–C) groups is 1. The van der Waals surface area contributed by atoms with Gasteiger partial charge in [-0.1, -0.05) is 29.8 Å². The Labute approximate surface area is 159 Å². The Morgan fingerprint density at radius 2 is 1.85 bits per heavy atom. The number of pyridine rings is 1. The van der Waals surface area contributed by atoms with Gasteiger partial charge in [0.2, 0.25) is 5.91 Å². The first kappa shape index (κ1) is 19.7. The van der Waals surface area contributed by atoms with Gasteiger partial charge in [-0.15, -0.1) is 0 Å². The van der Waals surface area contributed by atoms with Gasteiger partial charge < -0.3 is 16.0 Å². The molecule has 0 aliphatic rings. The van der Waals surface area contributed by atoms with E-state index in [1.807, 2.05) is 43.3 Å². The van der Waals surface area contributed by atoms with Crippen LogP contribution in [0.5, 0.6) is 0 Å². The Morgan fingerprint density at radius 1 is 1.12 bits per heavy atom. The maximum Gasteiger partial charge on any atom is 0.227 e. The number of anilines is 1. The molecule has 1 aromatic carbocycles. The van der Waals surface area contributed by atoms with Gasteiger partial charge in [0.05, 0.1) is 0 Å². The van der Waals surface area contributed by atoms with Crippen LogP contribution >= 0.6 is 11.6 Å². The number of guanidine groups is 1. The number of carbonyl (C=O) groups is 1. The molecule has 0 saturated heterocycles. The van der Waals surface area contributed by atoms with E-state index in [9.17, 15) is 4.79 Å². The molecule has 0 aliphatic carbocycles. The normalized spacial score (nSPS) is 11.1. The zero-order chi connectivity index (χ0) is 18.8. The topological polar surface area (TPSA) is 78.4 Å². The van der Waals surface area contributed by atoms with Gasteiger partial charge in [0, 0.05) is 37.3 Å². The van der Waals surface area contributed by atoms with Gasteiger partial charge in [-0.05, 0) is 43.2 Å². The zero-order valence-corrected chi connectivity index (χ0v) is 15.8. The first-order valence-corrected chi connectivity index (χ1v) is 8.87. The maximum absolute atomic E-state index is 12.0. The monoisotopic (exact) mass is 373 g/mol. The Bertz CT molecular complexity index is 746. The minimum absolute atomic E-state index is 0.0905. The van der Waals surface area contributed by atoms with Crippen molar-refractivity contribution in [3.05, 3.63) is 58.7 Å². The van der Waals surface area contributed by atoms with Crippen molar-refractivity contribution < 1.29 is 4.79 Å². The largest absolute Gasteiger partial charge is 0.356 e.